The minimum Gasteiger partial charge on any atom is -0.482 e. The monoisotopic (exact) mass is 436 g/mol. The van der Waals surface area contributed by atoms with Crippen LogP contribution in [0.4, 0.5) is 5.13 Å². The molecule has 7 heteroatoms. The van der Waals surface area contributed by atoms with Gasteiger partial charge in [-0.05, 0) is 31.2 Å². The molecule has 1 heterocycles. The smallest absolute Gasteiger partial charge is 0.264 e. The molecule has 4 nitrogen and oxygen atoms in total. The number of anilines is 1. The maximum atomic E-state index is 12.1. The van der Waals surface area contributed by atoms with Gasteiger partial charge >= 0.3 is 0 Å². The average molecular weight is 438 g/mol. The van der Waals surface area contributed by atoms with Crippen molar-refractivity contribution < 1.29 is 9.53 Å². The van der Waals surface area contributed by atoms with E-state index in [9.17, 15) is 4.79 Å². The SMILES string of the molecule is Cc1sc(NC(=O)COc2ccccc2Cl)nc1-c1ccc(Br)cc1. The fourth-order valence-electron chi connectivity index (χ4n) is 2.19. The number of carbonyl (C=O) groups is 1. The van der Waals surface area contributed by atoms with E-state index in [1.807, 2.05) is 31.2 Å². The van der Waals surface area contributed by atoms with Gasteiger partial charge in [-0.15, -0.1) is 11.3 Å². The number of rotatable bonds is 5. The molecule has 1 amide bonds. The zero-order valence-electron chi connectivity index (χ0n) is 13.3. The Bertz CT molecular complexity index is 896. The largest absolute Gasteiger partial charge is 0.482 e. The number of hydrogen-bond donors (Lipinski definition) is 1. The van der Waals surface area contributed by atoms with Crippen molar-refractivity contribution >= 4 is 49.9 Å². The number of hydrogen-bond acceptors (Lipinski definition) is 4. The molecule has 128 valence electrons. The molecule has 25 heavy (non-hydrogen) atoms. The summed E-state index contributed by atoms with van der Waals surface area (Å²) >= 11 is 10.8. The van der Waals surface area contributed by atoms with Gasteiger partial charge in [-0.25, -0.2) is 4.98 Å². The number of ether oxygens (including phenoxy) is 1. The fraction of sp³-hybridized carbons (Fsp3) is 0.111. The van der Waals surface area contributed by atoms with Crippen molar-refractivity contribution in [3.63, 3.8) is 0 Å². The Morgan fingerprint density at radius 2 is 1.96 bits per heavy atom. The van der Waals surface area contributed by atoms with E-state index in [1.165, 1.54) is 11.3 Å². The predicted octanol–water partition coefficient (Wildman–Crippen LogP) is 5.55. The van der Waals surface area contributed by atoms with Gasteiger partial charge in [0.05, 0.1) is 10.7 Å². The Morgan fingerprint density at radius 3 is 2.68 bits per heavy atom. The number of nitrogens with one attached hydrogen (secondary N) is 1. The number of para-hydroxylation sites is 1. The molecular formula is C18H14BrClN2O2S. The molecule has 0 saturated carbocycles. The Morgan fingerprint density at radius 1 is 1.24 bits per heavy atom. The highest BCUT2D eigenvalue weighted by Crippen LogP contribution is 2.31. The highest BCUT2D eigenvalue weighted by Gasteiger charge is 2.13. The topological polar surface area (TPSA) is 51.2 Å². The number of thiazole rings is 1. The molecule has 0 aliphatic carbocycles. The molecule has 2 aromatic carbocycles. The molecule has 0 atom stereocenters. The van der Waals surface area contributed by atoms with Crippen LogP contribution in [0.5, 0.6) is 5.75 Å². The van der Waals surface area contributed by atoms with E-state index < -0.39 is 0 Å². The third kappa shape index (κ3) is 4.60. The highest BCUT2D eigenvalue weighted by atomic mass is 79.9. The van der Waals surface area contributed by atoms with E-state index in [-0.39, 0.29) is 12.5 Å². The van der Waals surface area contributed by atoms with Gasteiger partial charge in [-0.2, -0.15) is 0 Å². The maximum absolute atomic E-state index is 12.1. The average Bonchev–Trinajstić information content (AvgIpc) is 2.95. The minimum atomic E-state index is -0.281. The third-order valence-electron chi connectivity index (χ3n) is 3.36. The Balaban J connectivity index is 1.65. The van der Waals surface area contributed by atoms with E-state index >= 15 is 0 Å². The number of aryl methyl sites for hydroxylation is 1. The summed E-state index contributed by atoms with van der Waals surface area (Å²) in [6.45, 7) is 1.85. The zero-order valence-corrected chi connectivity index (χ0v) is 16.4. The first kappa shape index (κ1) is 17.9. The fourth-order valence-corrected chi connectivity index (χ4v) is 3.49. The van der Waals surface area contributed by atoms with Gasteiger partial charge < -0.3 is 4.74 Å². The van der Waals surface area contributed by atoms with Crippen molar-refractivity contribution in [2.45, 2.75) is 6.92 Å². The number of benzene rings is 2. The quantitative estimate of drug-likeness (QED) is 0.569. The summed E-state index contributed by atoms with van der Waals surface area (Å²) in [5, 5.41) is 3.78. The summed E-state index contributed by atoms with van der Waals surface area (Å²) < 4.78 is 6.44. The maximum Gasteiger partial charge on any atom is 0.264 e. The lowest BCUT2D eigenvalue weighted by molar-refractivity contribution is -0.118. The van der Waals surface area contributed by atoms with Crippen molar-refractivity contribution in [1.29, 1.82) is 0 Å². The molecule has 1 N–H and O–H groups in total. The first-order valence-corrected chi connectivity index (χ1v) is 9.42. The predicted molar refractivity (Wildman–Crippen MR) is 106 cm³/mol. The van der Waals surface area contributed by atoms with Crippen LogP contribution in [0.25, 0.3) is 11.3 Å². The van der Waals surface area contributed by atoms with Crippen LogP contribution < -0.4 is 10.1 Å². The molecule has 0 fully saturated rings. The number of carbonyl (C=O) groups excluding carboxylic acids is 1. The Kier molecular flexibility index (Phi) is 5.73. The molecule has 0 radical (unpaired) electrons. The third-order valence-corrected chi connectivity index (χ3v) is 5.08. The van der Waals surface area contributed by atoms with E-state index in [0.29, 0.717) is 15.9 Å². The van der Waals surface area contributed by atoms with Crippen molar-refractivity contribution in [2.24, 2.45) is 0 Å². The van der Waals surface area contributed by atoms with E-state index in [0.717, 1.165) is 20.6 Å². The summed E-state index contributed by atoms with van der Waals surface area (Å²) in [7, 11) is 0. The molecule has 3 aromatic rings. The second kappa shape index (κ2) is 7.99. The Hall–Kier alpha value is -1.89. The molecule has 0 unspecified atom stereocenters. The van der Waals surface area contributed by atoms with Gasteiger partial charge in [0.1, 0.15) is 5.75 Å². The minimum absolute atomic E-state index is 0.129. The summed E-state index contributed by atoms with van der Waals surface area (Å²) in [6, 6.07) is 14.9. The zero-order chi connectivity index (χ0) is 17.8. The molecule has 0 aliphatic heterocycles. The molecular weight excluding hydrogens is 424 g/mol. The summed E-state index contributed by atoms with van der Waals surface area (Å²) in [6.07, 6.45) is 0. The van der Waals surface area contributed by atoms with Crippen LogP contribution in [0.3, 0.4) is 0 Å². The van der Waals surface area contributed by atoms with Gasteiger partial charge in [-0.1, -0.05) is 51.8 Å². The molecule has 0 spiro atoms. The van der Waals surface area contributed by atoms with Crippen LogP contribution in [-0.4, -0.2) is 17.5 Å². The van der Waals surface area contributed by atoms with E-state index in [1.54, 1.807) is 24.3 Å². The second-order valence-electron chi connectivity index (χ2n) is 5.20. The molecule has 3 rings (SSSR count). The van der Waals surface area contributed by atoms with Crippen molar-refractivity contribution in [3.05, 3.63) is 62.9 Å². The van der Waals surface area contributed by atoms with Gasteiger partial charge in [-0.3, -0.25) is 10.1 Å². The first-order valence-electron chi connectivity index (χ1n) is 7.43. The lowest BCUT2D eigenvalue weighted by atomic mass is 10.1. The van der Waals surface area contributed by atoms with Crippen LogP contribution in [0.1, 0.15) is 4.88 Å². The van der Waals surface area contributed by atoms with Crippen molar-refractivity contribution in [3.8, 4) is 17.0 Å². The van der Waals surface area contributed by atoms with Crippen LogP contribution in [0, 0.1) is 6.92 Å². The van der Waals surface area contributed by atoms with E-state index in [4.69, 9.17) is 16.3 Å². The Labute approximate surface area is 162 Å². The van der Waals surface area contributed by atoms with Crippen LogP contribution in [0.2, 0.25) is 5.02 Å². The highest BCUT2D eigenvalue weighted by molar-refractivity contribution is 9.10. The van der Waals surface area contributed by atoms with Crippen LogP contribution in [0.15, 0.2) is 53.0 Å². The molecule has 0 saturated heterocycles. The lowest BCUT2D eigenvalue weighted by Gasteiger charge is -2.07. The number of nitrogens with zero attached hydrogens (tertiary/aromatic N) is 1. The lowest BCUT2D eigenvalue weighted by Crippen LogP contribution is -2.20. The molecule has 0 bridgehead atoms. The summed E-state index contributed by atoms with van der Waals surface area (Å²) in [5.74, 6) is 0.196. The second-order valence-corrected chi connectivity index (χ2v) is 7.72. The molecule has 0 aliphatic rings. The normalized spacial score (nSPS) is 10.5. The standard InChI is InChI=1S/C18H14BrClN2O2S/c1-11-17(12-6-8-13(19)9-7-12)22-18(25-11)21-16(23)10-24-15-5-3-2-4-14(15)20/h2-9H,10H2,1H3,(H,21,22,23). The van der Waals surface area contributed by atoms with Crippen LogP contribution >= 0.6 is 38.9 Å². The number of amides is 1. The summed E-state index contributed by atoms with van der Waals surface area (Å²) in [4.78, 5) is 17.6. The first-order chi connectivity index (χ1) is 12.0. The van der Waals surface area contributed by atoms with Crippen molar-refractivity contribution in [1.82, 2.24) is 4.98 Å². The number of halogens is 2. The van der Waals surface area contributed by atoms with Gasteiger partial charge in [0.15, 0.2) is 11.7 Å². The van der Waals surface area contributed by atoms with E-state index in [2.05, 4.69) is 26.2 Å². The van der Waals surface area contributed by atoms with Gasteiger partial charge in [0.2, 0.25) is 0 Å². The molecule has 1 aromatic heterocycles. The van der Waals surface area contributed by atoms with Gasteiger partial charge in [0, 0.05) is 14.9 Å². The van der Waals surface area contributed by atoms with Crippen LogP contribution in [-0.2, 0) is 4.79 Å². The van der Waals surface area contributed by atoms with Gasteiger partial charge in [0.25, 0.3) is 5.91 Å². The van der Waals surface area contributed by atoms with Crippen molar-refractivity contribution in [2.75, 3.05) is 11.9 Å². The number of aromatic nitrogens is 1. The summed E-state index contributed by atoms with van der Waals surface area (Å²) in [5.41, 5.74) is 1.87.